The Morgan fingerprint density at radius 3 is 2.83 bits per heavy atom. The van der Waals surface area contributed by atoms with Gasteiger partial charge in [-0.15, -0.1) is 0 Å². The van der Waals surface area contributed by atoms with Crippen LogP contribution >= 0.6 is 0 Å². The maximum absolute atomic E-state index is 12.6. The minimum atomic E-state index is 0.232. The molecule has 0 radical (unpaired) electrons. The van der Waals surface area contributed by atoms with Crippen molar-refractivity contribution in [3.05, 3.63) is 42.1 Å². The molecule has 4 heteroatoms. The second-order valence-electron chi connectivity index (χ2n) is 6.39. The molecule has 122 valence electrons. The van der Waals surface area contributed by atoms with Gasteiger partial charge in [-0.25, -0.2) is 0 Å². The summed E-state index contributed by atoms with van der Waals surface area (Å²) in [7, 11) is 2.00. The number of piperidine rings is 1. The molecule has 1 fully saturated rings. The zero-order valence-corrected chi connectivity index (χ0v) is 13.8. The number of aromatic nitrogens is 1. The van der Waals surface area contributed by atoms with Crippen molar-refractivity contribution in [2.45, 2.75) is 25.7 Å². The van der Waals surface area contributed by atoms with Crippen molar-refractivity contribution >= 4 is 16.8 Å². The van der Waals surface area contributed by atoms with Crippen molar-refractivity contribution in [1.29, 1.82) is 0 Å². The Balaban J connectivity index is 1.61. The Hall–Kier alpha value is -1.94. The van der Waals surface area contributed by atoms with E-state index in [9.17, 15) is 4.79 Å². The largest absolute Gasteiger partial charge is 0.342 e. The molecule has 0 spiro atoms. The molecule has 4 nitrogen and oxygen atoms in total. The van der Waals surface area contributed by atoms with Gasteiger partial charge in [-0.05, 0) is 50.4 Å². The highest BCUT2D eigenvalue weighted by Gasteiger charge is 2.22. The van der Waals surface area contributed by atoms with Crippen LogP contribution in [0.2, 0.25) is 0 Å². The number of fused-ring (bicyclic) bond motifs is 1. The van der Waals surface area contributed by atoms with Crippen LogP contribution in [-0.4, -0.2) is 42.5 Å². The lowest BCUT2D eigenvalue weighted by molar-refractivity contribution is -0.131. The lowest BCUT2D eigenvalue weighted by Crippen LogP contribution is -2.39. The molecule has 1 amide bonds. The van der Waals surface area contributed by atoms with E-state index in [2.05, 4.69) is 10.3 Å². The summed E-state index contributed by atoms with van der Waals surface area (Å²) in [6, 6.07) is 10.1. The topological polar surface area (TPSA) is 45.2 Å². The molecule has 3 rings (SSSR count). The second kappa shape index (κ2) is 7.55. The van der Waals surface area contributed by atoms with Gasteiger partial charge in [0, 0.05) is 24.7 Å². The normalized spacial score (nSPS) is 16.0. The van der Waals surface area contributed by atoms with Crippen molar-refractivity contribution in [2.75, 3.05) is 26.7 Å². The zero-order chi connectivity index (χ0) is 16.1. The van der Waals surface area contributed by atoms with Crippen LogP contribution in [0.15, 0.2) is 36.5 Å². The number of hydrogen-bond donors (Lipinski definition) is 1. The van der Waals surface area contributed by atoms with E-state index < -0.39 is 0 Å². The van der Waals surface area contributed by atoms with Gasteiger partial charge < -0.3 is 10.2 Å². The first-order valence-corrected chi connectivity index (χ1v) is 8.53. The maximum atomic E-state index is 12.6. The van der Waals surface area contributed by atoms with Crippen LogP contribution in [0.4, 0.5) is 0 Å². The molecular formula is C19H25N3O. The first-order valence-electron chi connectivity index (χ1n) is 8.53. The van der Waals surface area contributed by atoms with Gasteiger partial charge >= 0.3 is 0 Å². The van der Waals surface area contributed by atoms with E-state index in [0.717, 1.165) is 54.9 Å². The van der Waals surface area contributed by atoms with Crippen LogP contribution in [0.3, 0.4) is 0 Å². The van der Waals surface area contributed by atoms with Crippen LogP contribution in [0.25, 0.3) is 10.9 Å². The van der Waals surface area contributed by atoms with E-state index in [1.54, 1.807) is 6.20 Å². The Labute approximate surface area is 137 Å². The SMILES string of the molecule is CNCCC1CCN(C(=O)Cc2cccc3cccnc23)CC1. The number of carbonyl (C=O) groups is 1. The molecule has 1 aliphatic rings. The predicted molar refractivity (Wildman–Crippen MR) is 93.3 cm³/mol. The van der Waals surface area contributed by atoms with Crippen molar-refractivity contribution in [2.24, 2.45) is 5.92 Å². The molecule has 0 saturated carbocycles. The van der Waals surface area contributed by atoms with Gasteiger partial charge in [-0.3, -0.25) is 9.78 Å². The van der Waals surface area contributed by atoms with Crippen LogP contribution < -0.4 is 5.32 Å². The van der Waals surface area contributed by atoms with E-state index >= 15 is 0 Å². The Morgan fingerprint density at radius 1 is 1.26 bits per heavy atom. The van der Waals surface area contributed by atoms with E-state index in [1.165, 1.54) is 6.42 Å². The number of benzene rings is 1. The number of carbonyl (C=O) groups excluding carboxylic acids is 1. The highest BCUT2D eigenvalue weighted by atomic mass is 16.2. The minimum Gasteiger partial charge on any atom is -0.342 e. The summed E-state index contributed by atoms with van der Waals surface area (Å²) in [5.41, 5.74) is 1.98. The fourth-order valence-electron chi connectivity index (χ4n) is 3.40. The maximum Gasteiger partial charge on any atom is 0.227 e. The number of pyridine rings is 1. The standard InChI is InChI=1S/C19H25N3O/c1-20-11-7-15-8-12-22(13-9-15)18(23)14-17-5-2-4-16-6-3-10-21-19(16)17/h2-6,10,15,20H,7-9,11-14H2,1H3. The smallest absolute Gasteiger partial charge is 0.227 e. The predicted octanol–water partition coefficient (Wildman–Crippen LogP) is 2.63. The zero-order valence-electron chi connectivity index (χ0n) is 13.8. The third-order valence-electron chi connectivity index (χ3n) is 4.83. The summed E-state index contributed by atoms with van der Waals surface area (Å²) in [6.07, 6.45) is 5.72. The van der Waals surface area contributed by atoms with Gasteiger partial charge in [0.15, 0.2) is 0 Å². The molecule has 0 atom stereocenters. The molecule has 23 heavy (non-hydrogen) atoms. The third kappa shape index (κ3) is 3.88. The van der Waals surface area contributed by atoms with Gasteiger partial charge in [-0.1, -0.05) is 24.3 Å². The number of amides is 1. The highest BCUT2D eigenvalue weighted by molar-refractivity contribution is 5.87. The van der Waals surface area contributed by atoms with Gasteiger partial charge in [0.05, 0.1) is 11.9 Å². The summed E-state index contributed by atoms with van der Waals surface area (Å²) < 4.78 is 0. The van der Waals surface area contributed by atoms with Crippen molar-refractivity contribution < 1.29 is 4.79 Å². The molecule has 1 aromatic heterocycles. The molecule has 1 N–H and O–H groups in total. The molecule has 0 unspecified atom stereocenters. The van der Waals surface area contributed by atoms with E-state index in [0.29, 0.717) is 6.42 Å². The monoisotopic (exact) mass is 311 g/mol. The summed E-state index contributed by atoms with van der Waals surface area (Å²) >= 11 is 0. The Bertz CT molecular complexity index is 657. The van der Waals surface area contributed by atoms with Gasteiger partial charge in [0.1, 0.15) is 0 Å². The molecular weight excluding hydrogens is 286 g/mol. The van der Waals surface area contributed by atoms with E-state index in [4.69, 9.17) is 0 Å². The van der Waals surface area contributed by atoms with Crippen LogP contribution in [-0.2, 0) is 11.2 Å². The van der Waals surface area contributed by atoms with Crippen molar-refractivity contribution in [3.63, 3.8) is 0 Å². The summed E-state index contributed by atoms with van der Waals surface area (Å²) in [5.74, 6) is 0.987. The Kier molecular flexibility index (Phi) is 5.23. The molecule has 0 aliphatic carbocycles. The summed E-state index contributed by atoms with van der Waals surface area (Å²) in [6.45, 7) is 2.86. The highest BCUT2D eigenvalue weighted by Crippen LogP contribution is 2.22. The molecule has 1 aromatic carbocycles. The molecule has 0 bridgehead atoms. The van der Waals surface area contributed by atoms with Crippen molar-refractivity contribution in [3.8, 4) is 0 Å². The van der Waals surface area contributed by atoms with Gasteiger partial charge in [0.2, 0.25) is 5.91 Å². The molecule has 2 aromatic rings. The van der Waals surface area contributed by atoms with Gasteiger partial charge in [0.25, 0.3) is 0 Å². The van der Waals surface area contributed by atoms with Crippen molar-refractivity contribution in [1.82, 2.24) is 15.2 Å². The number of para-hydroxylation sites is 1. The first kappa shape index (κ1) is 15.9. The number of hydrogen-bond acceptors (Lipinski definition) is 3. The first-order chi connectivity index (χ1) is 11.3. The molecule has 1 saturated heterocycles. The third-order valence-corrected chi connectivity index (χ3v) is 4.83. The van der Waals surface area contributed by atoms with Gasteiger partial charge in [-0.2, -0.15) is 0 Å². The fourth-order valence-corrected chi connectivity index (χ4v) is 3.40. The average Bonchev–Trinajstić information content (AvgIpc) is 2.60. The second-order valence-corrected chi connectivity index (χ2v) is 6.39. The number of nitrogens with one attached hydrogen (secondary N) is 1. The van der Waals surface area contributed by atoms with E-state index in [1.807, 2.05) is 42.3 Å². The quantitative estimate of drug-likeness (QED) is 0.923. The lowest BCUT2D eigenvalue weighted by Gasteiger charge is -2.32. The lowest BCUT2D eigenvalue weighted by atomic mass is 9.93. The number of rotatable bonds is 5. The molecule has 1 aliphatic heterocycles. The number of nitrogens with zero attached hydrogens (tertiary/aromatic N) is 2. The van der Waals surface area contributed by atoms with Crippen LogP contribution in [0.1, 0.15) is 24.8 Å². The van der Waals surface area contributed by atoms with E-state index in [-0.39, 0.29) is 5.91 Å². The summed E-state index contributed by atoms with van der Waals surface area (Å²) in [5, 5.41) is 4.31. The molecule has 2 heterocycles. The van der Waals surface area contributed by atoms with Crippen LogP contribution in [0.5, 0.6) is 0 Å². The summed E-state index contributed by atoms with van der Waals surface area (Å²) in [4.78, 5) is 19.1. The van der Waals surface area contributed by atoms with Crippen LogP contribution in [0, 0.1) is 5.92 Å². The minimum absolute atomic E-state index is 0.232. The Morgan fingerprint density at radius 2 is 2.04 bits per heavy atom. The number of likely N-dealkylation sites (tertiary alicyclic amines) is 1. The average molecular weight is 311 g/mol. The fraction of sp³-hybridized carbons (Fsp3) is 0.474.